The lowest BCUT2D eigenvalue weighted by Crippen LogP contribution is -2.36. The number of morpholine rings is 1. The maximum absolute atomic E-state index is 13.1. The van der Waals surface area contributed by atoms with Crippen LogP contribution in [0.25, 0.3) is 6.08 Å². The van der Waals surface area contributed by atoms with Gasteiger partial charge in [0.15, 0.2) is 11.5 Å². The molecule has 0 aromatic heterocycles. The molecule has 0 aliphatic carbocycles. The zero-order valence-electron chi connectivity index (χ0n) is 23.3. The minimum atomic E-state index is -0.565. The highest BCUT2D eigenvalue weighted by molar-refractivity contribution is 8.18. The topological polar surface area (TPSA) is 97.4 Å². The summed E-state index contributed by atoms with van der Waals surface area (Å²) in [6.45, 7) is 4.99. The number of anilines is 2. The van der Waals surface area contributed by atoms with Crippen molar-refractivity contribution in [2.75, 3.05) is 49.7 Å². The van der Waals surface area contributed by atoms with Crippen molar-refractivity contribution >= 4 is 69.5 Å². The SMILES string of the molecule is CCOc1cc(/C=C2/SC(=O)N(CC(=O)Nc3ccc(N4CCOCC4)cc3)C2=O)cc(Cl)c1OCc1ccc(Cl)cc1. The van der Waals surface area contributed by atoms with Crippen LogP contribution in [0.15, 0.2) is 65.6 Å². The number of halogens is 2. The van der Waals surface area contributed by atoms with Gasteiger partial charge in [0.05, 0.1) is 29.7 Å². The summed E-state index contributed by atoms with van der Waals surface area (Å²) in [5, 5.41) is 3.13. The molecule has 0 radical (unpaired) electrons. The molecule has 224 valence electrons. The molecule has 2 aliphatic heterocycles. The van der Waals surface area contributed by atoms with Gasteiger partial charge in [-0.05, 0) is 84.4 Å². The standard InChI is InChI=1S/C31H29Cl2N3O6S/c1-2-41-26-16-21(15-25(33)29(26)42-19-20-3-5-22(32)6-4-20)17-27-30(38)36(31(39)43-27)18-28(37)34-23-7-9-24(10-8-23)35-11-13-40-14-12-35/h3-10,15-17H,2,11-14,18-19H2,1H3,(H,34,37)/b27-17+. The van der Waals surface area contributed by atoms with E-state index in [0.717, 1.165) is 41.0 Å². The molecule has 3 aromatic carbocycles. The van der Waals surface area contributed by atoms with E-state index in [-0.39, 0.29) is 16.5 Å². The molecule has 3 amide bonds. The molecule has 0 bridgehead atoms. The molecule has 2 aliphatic rings. The Morgan fingerprint density at radius 1 is 1.02 bits per heavy atom. The first-order valence-electron chi connectivity index (χ1n) is 13.6. The Labute approximate surface area is 263 Å². The number of ether oxygens (including phenoxy) is 3. The predicted molar refractivity (Wildman–Crippen MR) is 169 cm³/mol. The largest absolute Gasteiger partial charge is 0.490 e. The highest BCUT2D eigenvalue weighted by Gasteiger charge is 2.36. The maximum atomic E-state index is 13.1. The minimum absolute atomic E-state index is 0.168. The Hall–Kier alpha value is -3.70. The van der Waals surface area contributed by atoms with Crippen LogP contribution >= 0.6 is 35.0 Å². The van der Waals surface area contributed by atoms with Crippen molar-refractivity contribution in [3.05, 3.63) is 86.7 Å². The highest BCUT2D eigenvalue weighted by Crippen LogP contribution is 2.39. The van der Waals surface area contributed by atoms with E-state index in [1.807, 2.05) is 31.2 Å². The van der Waals surface area contributed by atoms with Gasteiger partial charge in [-0.2, -0.15) is 0 Å². The fraction of sp³-hybridized carbons (Fsp3) is 0.258. The van der Waals surface area contributed by atoms with E-state index in [9.17, 15) is 14.4 Å². The van der Waals surface area contributed by atoms with E-state index in [1.165, 1.54) is 0 Å². The Morgan fingerprint density at radius 2 is 1.74 bits per heavy atom. The van der Waals surface area contributed by atoms with Crippen LogP contribution in [0.3, 0.4) is 0 Å². The second-order valence-corrected chi connectivity index (χ2v) is 11.5. The van der Waals surface area contributed by atoms with Gasteiger partial charge in [-0.3, -0.25) is 19.3 Å². The van der Waals surface area contributed by atoms with Crippen LogP contribution in [0, 0.1) is 0 Å². The number of nitrogens with zero attached hydrogens (tertiary/aromatic N) is 2. The van der Waals surface area contributed by atoms with Crippen molar-refractivity contribution in [3.8, 4) is 11.5 Å². The van der Waals surface area contributed by atoms with Crippen molar-refractivity contribution in [2.24, 2.45) is 0 Å². The molecule has 12 heteroatoms. The first kappa shape index (κ1) is 30.7. The second-order valence-electron chi connectivity index (χ2n) is 9.64. The Morgan fingerprint density at radius 3 is 2.44 bits per heavy atom. The molecule has 3 aromatic rings. The molecular formula is C31H29Cl2N3O6S. The van der Waals surface area contributed by atoms with Crippen molar-refractivity contribution in [1.29, 1.82) is 0 Å². The van der Waals surface area contributed by atoms with E-state index in [2.05, 4.69) is 10.2 Å². The van der Waals surface area contributed by atoms with Crippen LogP contribution in [0.1, 0.15) is 18.1 Å². The molecule has 0 saturated carbocycles. The third kappa shape index (κ3) is 7.83. The molecule has 43 heavy (non-hydrogen) atoms. The van der Waals surface area contributed by atoms with Gasteiger partial charge in [-0.25, -0.2) is 0 Å². The van der Waals surface area contributed by atoms with Gasteiger partial charge >= 0.3 is 0 Å². The number of carbonyl (C=O) groups is 3. The number of thioether (sulfide) groups is 1. The van der Waals surface area contributed by atoms with Crippen molar-refractivity contribution in [1.82, 2.24) is 4.90 Å². The third-order valence-corrected chi connectivity index (χ3v) is 8.07. The number of carbonyl (C=O) groups excluding carboxylic acids is 3. The molecule has 0 unspecified atom stereocenters. The molecule has 5 rings (SSSR count). The quantitative estimate of drug-likeness (QED) is 0.251. The normalized spacial score (nSPS) is 16.1. The number of rotatable bonds is 10. The van der Waals surface area contributed by atoms with Gasteiger partial charge in [-0.15, -0.1) is 0 Å². The van der Waals surface area contributed by atoms with E-state index >= 15 is 0 Å². The van der Waals surface area contributed by atoms with E-state index in [4.69, 9.17) is 37.4 Å². The van der Waals surface area contributed by atoms with Gasteiger partial charge in [0.25, 0.3) is 11.1 Å². The van der Waals surface area contributed by atoms with Crippen LogP contribution in [-0.2, 0) is 20.9 Å². The zero-order valence-corrected chi connectivity index (χ0v) is 25.6. The minimum Gasteiger partial charge on any atom is -0.490 e. The van der Waals surface area contributed by atoms with Crippen LogP contribution in [0.2, 0.25) is 10.0 Å². The van der Waals surface area contributed by atoms with Gasteiger partial charge in [0.1, 0.15) is 13.2 Å². The van der Waals surface area contributed by atoms with Crippen molar-refractivity contribution < 1.29 is 28.6 Å². The number of benzene rings is 3. The number of hydrogen-bond donors (Lipinski definition) is 1. The summed E-state index contributed by atoms with van der Waals surface area (Å²) in [5.74, 6) is -0.289. The number of nitrogens with one attached hydrogen (secondary N) is 1. The monoisotopic (exact) mass is 641 g/mol. The predicted octanol–water partition coefficient (Wildman–Crippen LogP) is 6.48. The zero-order chi connectivity index (χ0) is 30.3. The van der Waals surface area contributed by atoms with E-state index in [1.54, 1.807) is 42.5 Å². The summed E-state index contributed by atoms with van der Waals surface area (Å²) < 4.78 is 17.1. The van der Waals surface area contributed by atoms with E-state index < -0.39 is 23.6 Å². The summed E-state index contributed by atoms with van der Waals surface area (Å²) in [5.41, 5.74) is 3.05. The van der Waals surface area contributed by atoms with Crippen LogP contribution in [0.4, 0.5) is 16.2 Å². The summed E-state index contributed by atoms with van der Waals surface area (Å²) in [4.78, 5) is 41.8. The molecule has 2 fully saturated rings. The molecule has 0 spiro atoms. The first-order valence-corrected chi connectivity index (χ1v) is 15.2. The van der Waals surface area contributed by atoms with Crippen LogP contribution in [-0.4, -0.2) is 61.4 Å². The Bertz CT molecular complexity index is 1530. The molecule has 2 saturated heterocycles. The molecule has 9 nitrogen and oxygen atoms in total. The van der Waals surface area contributed by atoms with Crippen LogP contribution in [0.5, 0.6) is 11.5 Å². The van der Waals surface area contributed by atoms with Gasteiger partial charge in [0.2, 0.25) is 5.91 Å². The summed E-state index contributed by atoms with van der Waals surface area (Å²) in [7, 11) is 0. The smallest absolute Gasteiger partial charge is 0.294 e. The van der Waals surface area contributed by atoms with Crippen LogP contribution < -0.4 is 19.7 Å². The van der Waals surface area contributed by atoms with Crippen molar-refractivity contribution in [2.45, 2.75) is 13.5 Å². The summed E-state index contributed by atoms with van der Waals surface area (Å²) in [6, 6.07) is 18.0. The van der Waals surface area contributed by atoms with Gasteiger partial charge in [-0.1, -0.05) is 35.3 Å². The Balaban J connectivity index is 1.23. The second kappa shape index (κ2) is 14.2. The van der Waals surface area contributed by atoms with Gasteiger partial charge in [0, 0.05) is 29.5 Å². The number of imide groups is 1. The lowest BCUT2D eigenvalue weighted by atomic mass is 10.1. The fourth-order valence-electron chi connectivity index (χ4n) is 4.52. The molecule has 0 atom stereocenters. The summed E-state index contributed by atoms with van der Waals surface area (Å²) in [6.07, 6.45) is 1.55. The lowest BCUT2D eigenvalue weighted by molar-refractivity contribution is -0.127. The van der Waals surface area contributed by atoms with Crippen molar-refractivity contribution in [3.63, 3.8) is 0 Å². The molecular weight excluding hydrogens is 613 g/mol. The Kier molecular flexibility index (Phi) is 10.1. The highest BCUT2D eigenvalue weighted by atomic mass is 35.5. The number of hydrogen-bond acceptors (Lipinski definition) is 8. The van der Waals surface area contributed by atoms with Gasteiger partial charge < -0.3 is 24.4 Å². The average Bonchev–Trinajstić information content (AvgIpc) is 3.25. The van der Waals surface area contributed by atoms with E-state index in [0.29, 0.717) is 47.6 Å². The molecule has 2 heterocycles. The third-order valence-electron chi connectivity index (χ3n) is 6.63. The molecule has 1 N–H and O–H groups in total. The average molecular weight is 643 g/mol. The fourth-order valence-corrected chi connectivity index (χ4v) is 5.76. The summed E-state index contributed by atoms with van der Waals surface area (Å²) >= 11 is 13.3. The maximum Gasteiger partial charge on any atom is 0.294 e. The number of amides is 3. The lowest BCUT2D eigenvalue weighted by Gasteiger charge is -2.28. The first-order chi connectivity index (χ1) is 20.8.